The van der Waals surface area contributed by atoms with E-state index >= 15 is 0 Å². The number of aliphatic hydroxyl groups excluding tert-OH is 1. The van der Waals surface area contributed by atoms with Gasteiger partial charge in [0.15, 0.2) is 6.29 Å². The lowest BCUT2D eigenvalue weighted by molar-refractivity contribution is -0.186. The lowest BCUT2D eigenvalue weighted by Gasteiger charge is -2.46. The molecule has 3 saturated heterocycles. The van der Waals surface area contributed by atoms with Crippen LogP contribution in [0, 0.1) is 5.92 Å². The summed E-state index contributed by atoms with van der Waals surface area (Å²) in [7, 11) is 0. The van der Waals surface area contributed by atoms with Crippen molar-refractivity contribution in [1.29, 1.82) is 0 Å². The van der Waals surface area contributed by atoms with Gasteiger partial charge in [0.2, 0.25) is 0 Å². The zero-order valence-corrected chi connectivity index (χ0v) is 17.4. The van der Waals surface area contributed by atoms with E-state index in [9.17, 15) is 5.11 Å². The normalized spacial score (nSPS) is 32.4. The van der Waals surface area contributed by atoms with Crippen LogP contribution in [-0.2, 0) is 22.4 Å². The van der Waals surface area contributed by atoms with Gasteiger partial charge < -0.3 is 19.9 Å². The highest BCUT2D eigenvalue weighted by molar-refractivity contribution is 5.16. The molecule has 0 radical (unpaired) electrons. The first-order chi connectivity index (χ1) is 14.8. The molecule has 0 spiro atoms. The number of fused-ring (bicyclic) bond motifs is 2. The quantitative estimate of drug-likeness (QED) is 0.770. The van der Waals surface area contributed by atoms with Gasteiger partial charge in [-0.05, 0) is 49.4 Å². The number of nitrogens with one attached hydrogen (secondary N) is 1. The highest BCUT2D eigenvalue weighted by Gasteiger charge is 2.52. The Hall–Kier alpha value is -1.76. The molecule has 5 rings (SSSR count). The second kappa shape index (κ2) is 9.16. The third kappa shape index (κ3) is 4.32. The smallest absolute Gasteiger partial charge is 0.176 e. The molecule has 3 fully saturated rings. The highest BCUT2D eigenvalue weighted by Crippen LogP contribution is 2.34. The van der Waals surface area contributed by atoms with Crippen LogP contribution in [0.15, 0.2) is 60.7 Å². The van der Waals surface area contributed by atoms with E-state index in [1.165, 1.54) is 11.1 Å². The molecule has 5 atom stereocenters. The van der Waals surface area contributed by atoms with Gasteiger partial charge in [0.25, 0.3) is 0 Å². The number of piperidine rings is 1. The van der Waals surface area contributed by atoms with Crippen LogP contribution < -0.4 is 5.32 Å². The second-order valence-electron chi connectivity index (χ2n) is 8.92. The molecule has 5 heteroatoms. The Balaban J connectivity index is 1.20. The number of hydrogen-bond acceptors (Lipinski definition) is 5. The molecule has 0 saturated carbocycles. The van der Waals surface area contributed by atoms with E-state index in [1.807, 2.05) is 18.2 Å². The zero-order chi connectivity index (χ0) is 20.3. The van der Waals surface area contributed by atoms with Crippen molar-refractivity contribution >= 4 is 0 Å². The molecule has 2 bridgehead atoms. The van der Waals surface area contributed by atoms with Crippen LogP contribution in [0.1, 0.15) is 24.0 Å². The molecule has 2 aromatic rings. The summed E-state index contributed by atoms with van der Waals surface area (Å²) >= 11 is 0. The number of aliphatic hydroxyl groups is 1. The van der Waals surface area contributed by atoms with Crippen molar-refractivity contribution < 1.29 is 14.6 Å². The number of hydrogen-bond donors (Lipinski definition) is 2. The van der Waals surface area contributed by atoms with Gasteiger partial charge in [-0.1, -0.05) is 60.7 Å². The molecule has 2 N–H and O–H groups in total. The molecule has 160 valence electrons. The van der Waals surface area contributed by atoms with Crippen molar-refractivity contribution in [3.05, 3.63) is 71.8 Å². The molecule has 0 aliphatic carbocycles. The third-order valence-electron chi connectivity index (χ3n) is 6.95. The number of benzene rings is 2. The van der Waals surface area contributed by atoms with E-state index in [0.29, 0.717) is 12.5 Å². The summed E-state index contributed by atoms with van der Waals surface area (Å²) in [4.78, 5) is 2.40. The molecule has 30 heavy (non-hydrogen) atoms. The summed E-state index contributed by atoms with van der Waals surface area (Å²) in [5.41, 5.74) is 2.63. The predicted octanol–water partition coefficient (Wildman–Crippen LogP) is 2.58. The Morgan fingerprint density at radius 3 is 2.30 bits per heavy atom. The maximum Gasteiger partial charge on any atom is 0.176 e. The van der Waals surface area contributed by atoms with Crippen LogP contribution in [0.3, 0.4) is 0 Å². The van der Waals surface area contributed by atoms with Crippen LogP contribution in [0.4, 0.5) is 0 Å². The predicted molar refractivity (Wildman–Crippen MR) is 116 cm³/mol. The van der Waals surface area contributed by atoms with Crippen LogP contribution in [0.2, 0.25) is 0 Å². The van der Waals surface area contributed by atoms with Gasteiger partial charge >= 0.3 is 0 Å². The molecule has 3 aliphatic heterocycles. The van der Waals surface area contributed by atoms with Crippen molar-refractivity contribution in [3.8, 4) is 0 Å². The van der Waals surface area contributed by atoms with Crippen LogP contribution in [0.5, 0.6) is 0 Å². The Bertz CT molecular complexity index is 795. The average Bonchev–Trinajstić information content (AvgIpc) is 3.21. The fraction of sp³-hybridized carbons (Fsp3) is 0.520. The topological polar surface area (TPSA) is 54.0 Å². The number of rotatable bonds is 6. The molecule has 3 heterocycles. The van der Waals surface area contributed by atoms with Crippen molar-refractivity contribution in [2.45, 2.75) is 56.4 Å². The van der Waals surface area contributed by atoms with E-state index in [-0.39, 0.29) is 24.5 Å². The minimum absolute atomic E-state index is 0.0828. The Morgan fingerprint density at radius 1 is 0.933 bits per heavy atom. The number of ether oxygens (including phenoxy) is 2. The van der Waals surface area contributed by atoms with E-state index in [0.717, 1.165) is 38.9 Å². The molecular formula is C25H32N2O3. The largest absolute Gasteiger partial charge is 0.390 e. The summed E-state index contributed by atoms with van der Waals surface area (Å²) in [6.07, 6.45) is 2.55. The summed E-state index contributed by atoms with van der Waals surface area (Å²) in [6.45, 7) is 3.24. The van der Waals surface area contributed by atoms with Crippen molar-refractivity contribution in [3.63, 3.8) is 0 Å². The van der Waals surface area contributed by atoms with Gasteiger partial charge in [0.05, 0.1) is 24.8 Å². The fourth-order valence-electron chi connectivity index (χ4n) is 5.28. The molecule has 3 aliphatic rings. The van der Waals surface area contributed by atoms with E-state index in [2.05, 4.69) is 52.7 Å². The van der Waals surface area contributed by atoms with Crippen LogP contribution in [0.25, 0.3) is 0 Å². The van der Waals surface area contributed by atoms with Crippen molar-refractivity contribution in [2.75, 3.05) is 19.7 Å². The Kier molecular flexibility index (Phi) is 6.16. The molecule has 5 nitrogen and oxygen atoms in total. The lowest BCUT2D eigenvalue weighted by atomic mass is 9.87. The summed E-state index contributed by atoms with van der Waals surface area (Å²) < 4.78 is 12.1. The van der Waals surface area contributed by atoms with Crippen LogP contribution in [-0.4, -0.2) is 60.3 Å². The average molecular weight is 409 g/mol. The zero-order valence-electron chi connectivity index (χ0n) is 17.4. The molecule has 2 aromatic carbocycles. The molecule has 0 amide bonds. The summed E-state index contributed by atoms with van der Waals surface area (Å²) in [5.74, 6) is 0.703. The van der Waals surface area contributed by atoms with Gasteiger partial charge in [-0.3, -0.25) is 4.90 Å². The Morgan fingerprint density at radius 2 is 1.60 bits per heavy atom. The van der Waals surface area contributed by atoms with Crippen molar-refractivity contribution in [1.82, 2.24) is 10.2 Å². The van der Waals surface area contributed by atoms with Gasteiger partial charge in [0, 0.05) is 6.54 Å². The third-order valence-corrected chi connectivity index (χ3v) is 6.95. The lowest BCUT2D eigenvalue weighted by Crippen LogP contribution is -2.65. The Labute approximate surface area is 179 Å². The number of nitrogens with zero attached hydrogens (tertiary/aromatic N) is 1. The van der Waals surface area contributed by atoms with Gasteiger partial charge in [-0.15, -0.1) is 0 Å². The van der Waals surface area contributed by atoms with Crippen LogP contribution >= 0.6 is 0 Å². The molecule has 5 unspecified atom stereocenters. The summed E-state index contributed by atoms with van der Waals surface area (Å²) in [6, 6.07) is 20.9. The molecular weight excluding hydrogens is 376 g/mol. The van der Waals surface area contributed by atoms with Gasteiger partial charge in [-0.25, -0.2) is 0 Å². The molecule has 0 aromatic heterocycles. The number of likely N-dealkylation sites (tertiary alicyclic amines) is 1. The second-order valence-corrected chi connectivity index (χ2v) is 8.92. The maximum absolute atomic E-state index is 11.3. The first kappa shape index (κ1) is 20.2. The maximum atomic E-state index is 11.3. The van der Waals surface area contributed by atoms with E-state index in [4.69, 9.17) is 9.47 Å². The SMILES string of the molecule is OC1C(NCc2ccccc2)C2COC(O2)C1N1CCC(Cc2ccccc2)CC1. The first-order valence-corrected chi connectivity index (χ1v) is 11.3. The fourth-order valence-corrected chi connectivity index (χ4v) is 5.28. The summed E-state index contributed by atoms with van der Waals surface area (Å²) in [5, 5.41) is 14.8. The minimum atomic E-state index is -0.495. The first-order valence-electron chi connectivity index (χ1n) is 11.3. The van der Waals surface area contributed by atoms with Gasteiger partial charge in [-0.2, -0.15) is 0 Å². The standard InChI is InChI=1S/C25H32N2O3/c28-24-22(26-16-20-9-5-2-6-10-20)21-17-29-25(30-21)23(24)27-13-11-19(12-14-27)15-18-7-3-1-4-8-18/h1-10,19,21-26,28H,11-17H2. The highest BCUT2D eigenvalue weighted by atomic mass is 16.7. The van der Waals surface area contributed by atoms with E-state index < -0.39 is 6.10 Å². The van der Waals surface area contributed by atoms with E-state index in [1.54, 1.807) is 0 Å². The minimum Gasteiger partial charge on any atom is -0.390 e. The van der Waals surface area contributed by atoms with Crippen molar-refractivity contribution in [2.24, 2.45) is 5.92 Å². The monoisotopic (exact) mass is 408 g/mol. The van der Waals surface area contributed by atoms with Gasteiger partial charge in [0.1, 0.15) is 6.10 Å².